The normalized spacial score (nSPS) is 13.2. The van der Waals surface area contributed by atoms with Crippen molar-refractivity contribution in [2.75, 3.05) is 6.54 Å². The van der Waals surface area contributed by atoms with Crippen LogP contribution < -0.4 is 4.74 Å². The van der Waals surface area contributed by atoms with Crippen LogP contribution in [-0.4, -0.2) is 27.0 Å². The number of hydrogen-bond donors (Lipinski definition) is 0. The first kappa shape index (κ1) is 23.7. The molecule has 0 amide bonds. The van der Waals surface area contributed by atoms with Crippen molar-refractivity contribution in [1.82, 2.24) is 14.8 Å². The lowest BCUT2D eigenvalue weighted by Crippen LogP contribution is -2.07. The lowest BCUT2D eigenvalue weighted by atomic mass is 9.94. The Kier molecular flexibility index (Phi) is 7.40. The molecule has 5 rings (SSSR count). The Balaban J connectivity index is 0.00000274. The van der Waals surface area contributed by atoms with Crippen molar-refractivity contribution in [2.24, 2.45) is 22.5 Å². The maximum atomic E-state index is 6.08. The number of ether oxygens (including phenoxy) is 1. The number of aromatic nitrogens is 3. The Morgan fingerprint density at radius 3 is 2.74 bits per heavy atom. The summed E-state index contributed by atoms with van der Waals surface area (Å²) in [6, 6.07) is 14.6. The standard InChI is InChI=1S/C25H22N6OS.H2S/c1-3-4-19(12-20-13-27-30-29-20)18-6-8-21(9-7-18)32-14-17-5-10-24-22(11-17)23(15-33-24)25-26-16-28-31(25)2;/h5-11,15-16,19H,12-14H2,1-2H3;1H2/t19-;/m0./s1. The summed E-state index contributed by atoms with van der Waals surface area (Å²) in [4.78, 5) is 4.40. The molecule has 0 aliphatic carbocycles. The third kappa shape index (κ3) is 5.03. The van der Waals surface area contributed by atoms with Gasteiger partial charge in [-0.15, -0.1) is 22.4 Å². The molecule has 2 aromatic heterocycles. The maximum Gasteiger partial charge on any atom is 0.159 e. The quantitative estimate of drug-likeness (QED) is 0.313. The summed E-state index contributed by atoms with van der Waals surface area (Å²) in [7, 11) is 1.91. The Labute approximate surface area is 209 Å². The van der Waals surface area contributed by atoms with E-state index in [-0.39, 0.29) is 19.4 Å². The molecule has 34 heavy (non-hydrogen) atoms. The van der Waals surface area contributed by atoms with Gasteiger partial charge in [0.15, 0.2) is 5.82 Å². The van der Waals surface area contributed by atoms with E-state index in [4.69, 9.17) is 4.74 Å². The van der Waals surface area contributed by atoms with E-state index < -0.39 is 0 Å². The van der Waals surface area contributed by atoms with E-state index in [1.165, 1.54) is 10.1 Å². The highest BCUT2D eigenvalue weighted by molar-refractivity contribution is 7.59. The highest BCUT2D eigenvalue weighted by Crippen LogP contribution is 2.33. The van der Waals surface area contributed by atoms with Crippen molar-refractivity contribution in [2.45, 2.75) is 25.9 Å². The summed E-state index contributed by atoms with van der Waals surface area (Å²) in [5.41, 5.74) is 4.30. The molecule has 172 valence electrons. The van der Waals surface area contributed by atoms with Gasteiger partial charge in [-0.25, -0.2) is 9.67 Å². The molecule has 0 saturated heterocycles. The van der Waals surface area contributed by atoms with Gasteiger partial charge in [0.05, 0.1) is 11.6 Å². The molecule has 1 aliphatic heterocycles. The molecule has 3 heterocycles. The molecule has 7 nitrogen and oxygen atoms in total. The fraction of sp³-hybridized carbons (Fsp3) is 0.240. The molecule has 0 N–H and O–H groups in total. The molecular weight excluding hydrogens is 464 g/mol. The van der Waals surface area contributed by atoms with Crippen LogP contribution >= 0.6 is 24.8 Å². The topological polar surface area (TPSA) is 77.0 Å². The van der Waals surface area contributed by atoms with Crippen LogP contribution in [0, 0.1) is 11.8 Å². The first-order valence-corrected chi connectivity index (χ1v) is 11.5. The van der Waals surface area contributed by atoms with Gasteiger partial charge >= 0.3 is 0 Å². The molecule has 0 unspecified atom stereocenters. The predicted octanol–water partition coefficient (Wildman–Crippen LogP) is 5.71. The van der Waals surface area contributed by atoms with E-state index in [0.29, 0.717) is 13.2 Å². The smallest absolute Gasteiger partial charge is 0.159 e. The van der Waals surface area contributed by atoms with Crippen molar-refractivity contribution in [1.29, 1.82) is 0 Å². The summed E-state index contributed by atoms with van der Waals surface area (Å²) >= 11 is 1.71. The summed E-state index contributed by atoms with van der Waals surface area (Å²) in [5.74, 6) is 8.06. The number of benzene rings is 2. The second-order valence-corrected chi connectivity index (χ2v) is 8.66. The zero-order valence-electron chi connectivity index (χ0n) is 18.9. The fourth-order valence-electron chi connectivity index (χ4n) is 3.85. The van der Waals surface area contributed by atoms with Gasteiger partial charge in [0, 0.05) is 34.5 Å². The zero-order chi connectivity index (χ0) is 22.6. The Morgan fingerprint density at radius 2 is 2.03 bits per heavy atom. The van der Waals surface area contributed by atoms with Crippen molar-refractivity contribution in [3.63, 3.8) is 0 Å². The highest BCUT2D eigenvalue weighted by atomic mass is 32.1. The minimum atomic E-state index is 0. The Hall–Kier alpha value is -3.48. The molecule has 9 heteroatoms. The van der Waals surface area contributed by atoms with Crippen LogP contribution in [0.4, 0.5) is 0 Å². The van der Waals surface area contributed by atoms with Crippen molar-refractivity contribution in [3.8, 4) is 29.0 Å². The first-order chi connectivity index (χ1) is 16.2. The lowest BCUT2D eigenvalue weighted by molar-refractivity contribution is 0.306. The van der Waals surface area contributed by atoms with Gasteiger partial charge < -0.3 is 4.74 Å². The molecule has 1 aliphatic rings. The summed E-state index contributed by atoms with van der Waals surface area (Å²) in [6.45, 7) is 2.91. The van der Waals surface area contributed by atoms with E-state index in [1.54, 1.807) is 22.3 Å². The van der Waals surface area contributed by atoms with Crippen LogP contribution in [0.1, 0.15) is 30.4 Å². The van der Waals surface area contributed by atoms with Gasteiger partial charge in [-0.1, -0.05) is 24.1 Å². The van der Waals surface area contributed by atoms with Crippen LogP contribution in [0.15, 0.2) is 69.6 Å². The zero-order valence-corrected chi connectivity index (χ0v) is 20.7. The van der Waals surface area contributed by atoms with Crippen molar-refractivity contribution >= 4 is 40.6 Å². The first-order valence-electron chi connectivity index (χ1n) is 10.6. The van der Waals surface area contributed by atoms with E-state index in [0.717, 1.165) is 40.4 Å². The van der Waals surface area contributed by atoms with Crippen LogP contribution in [-0.2, 0) is 13.7 Å². The second-order valence-electron chi connectivity index (χ2n) is 7.75. The molecule has 0 bridgehead atoms. The molecule has 0 saturated carbocycles. The Bertz CT molecular complexity index is 1410. The van der Waals surface area contributed by atoms with Crippen molar-refractivity contribution in [3.05, 3.63) is 65.3 Å². The highest BCUT2D eigenvalue weighted by Gasteiger charge is 2.15. The van der Waals surface area contributed by atoms with Gasteiger partial charge in [-0.3, -0.25) is 0 Å². The molecule has 0 radical (unpaired) electrons. The molecule has 1 atom stereocenters. The average Bonchev–Trinajstić information content (AvgIpc) is 3.59. The predicted molar refractivity (Wildman–Crippen MR) is 141 cm³/mol. The average molecular weight is 489 g/mol. The molecule has 0 fully saturated rings. The van der Waals surface area contributed by atoms with Crippen molar-refractivity contribution < 1.29 is 4.74 Å². The summed E-state index contributed by atoms with van der Waals surface area (Å²) in [6.07, 6.45) is 2.32. The van der Waals surface area contributed by atoms with E-state index >= 15 is 0 Å². The lowest BCUT2D eigenvalue weighted by Gasteiger charge is -2.12. The molecular formula is C25H24N6OS2. The van der Waals surface area contributed by atoms with Gasteiger partial charge in [0.25, 0.3) is 0 Å². The number of aryl methyl sites for hydroxylation is 1. The van der Waals surface area contributed by atoms with Crippen LogP contribution in [0.3, 0.4) is 0 Å². The number of rotatable bonds is 7. The van der Waals surface area contributed by atoms with Crippen LogP contribution in [0.2, 0.25) is 0 Å². The van der Waals surface area contributed by atoms with Gasteiger partial charge in [-0.2, -0.15) is 23.7 Å². The maximum absolute atomic E-state index is 6.08. The van der Waals surface area contributed by atoms with E-state index in [2.05, 4.69) is 73.1 Å². The molecule has 0 spiro atoms. The third-order valence-corrected chi connectivity index (χ3v) is 6.50. The van der Waals surface area contributed by atoms with Crippen LogP contribution in [0.25, 0.3) is 21.5 Å². The van der Waals surface area contributed by atoms with Gasteiger partial charge in [0.2, 0.25) is 0 Å². The largest absolute Gasteiger partial charge is 0.489 e. The number of thiophene rings is 1. The molecule has 2 aromatic carbocycles. The Morgan fingerprint density at radius 1 is 1.18 bits per heavy atom. The monoisotopic (exact) mass is 488 g/mol. The minimum absolute atomic E-state index is 0. The fourth-order valence-corrected chi connectivity index (χ4v) is 4.77. The second kappa shape index (κ2) is 10.6. The number of nitrogens with zero attached hydrogens (tertiary/aromatic N) is 6. The minimum Gasteiger partial charge on any atom is -0.489 e. The third-order valence-electron chi connectivity index (χ3n) is 5.54. The van der Waals surface area contributed by atoms with E-state index in [9.17, 15) is 0 Å². The number of hydrogen-bond acceptors (Lipinski definition) is 7. The van der Waals surface area contributed by atoms with E-state index in [1.807, 2.05) is 26.1 Å². The van der Waals surface area contributed by atoms with Gasteiger partial charge in [0.1, 0.15) is 25.2 Å². The SMILES string of the molecule is CC#C[C@@H](CC1=NN=NC1)c1ccc(OCc2ccc3scc(-c4ncnn4C)c3c2)cc1.S. The van der Waals surface area contributed by atoms with Gasteiger partial charge in [-0.05, 0) is 47.5 Å². The number of fused-ring (bicyclic) bond motifs is 1. The summed E-state index contributed by atoms with van der Waals surface area (Å²) in [5, 5.41) is 19.2. The van der Waals surface area contributed by atoms with Crippen LogP contribution in [0.5, 0.6) is 5.75 Å². The molecule has 4 aromatic rings. The summed E-state index contributed by atoms with van der Waals surface area (Å²) < 4.78 is 9.10.